The van der Waals surface area contributed by atoms with E-state index in [-0.39, 0.29) is 24.3 Å². The van der Waals surface area contributed by atoms with Crippen LogP contribution in [-0.2, 0) is 0 Å². The molecular weight excluding hydrogens is 266 g/mol. The first-order chi connectivity index (χ1) is 9.44. The van der Waals surface area contributed by atoms with Crippen molar-refractivity contribution in [2.24, 2.45) is 0 Å². The Bertz CT molecular complexity index is 656. The van der Waals surface area contributed by atoms with Crippen LogP contribution in [0.1, 0.15) is 47.8 Å². The second-order valence-corrected chi connectivity index (χ2v) is 5.29. The average molecular weight is 280 g/mol. The van der Waals surface area contributed by atoms with Crippen LogP contribution in [0.3, 0.4) is 0 Å². The Morgan fingerprint density at radius 1 is 1.35 bits per heavy atom. The highest BCUT2D eigenvalue weighted by atomic mass is 19.3. The highest BCUT2D eigenvalue weighted by Gasteiger charge is 2.36. The lowest BCUT2D eigenvalue weighted by molar-refractivity contribution is -0.0387. The number of halogens is 2. The van der Waals surface area contributed by atoms with Crippen LogP contribution in [0.25, 0.3) is 11.0 Å². The molecule has 0 saturated heterocycles. The molecule has 6 heteroatoms. The van der Waals surface area contributed by atoms with Crippen molar-refractivity contribution in [2.45, 2.75) is 37.5 Å². The van der Waals surface area contributed by atoms with Gasteiger partial charge in [-0.1, -0.05) is 0 Å². The number of aromatic carboxylic acids is 1. The molecule has 0 radical (unpaired) electrons. The number of hydrogen-bond donors (Lipinski definition) is 2. The Morgan fingerprint density at radius 3 is 2.70 bits per heavy atom. The van der Waals surface area contributed by atoms with Gasteiger partial charge in [-0.25, -0.2) is 18.6 Å². The number of H-pyrrole nitrogens is 1. The van der Waals surface area contributed by atoms with E-state index in [4.69, 9.17) is 5.11 Å². The molecule has 1 aliphatic carbocycles. The molecule has 3 rings (SSSR count). The number of alkyl halides is 2. The molecule has 2 N–H and O–H groups in total. The first-order valence-electron chi connectivity index (χ1n) is 6.55. The Balaban J connectivity index is 1.88. The number of aromatic amines is 1. The number of nitrogens with one attached hydrogen (secondary N) is 1. The van der Waals surface area contributed by atoms with Crippen molar-refractivity contribution >= 4 is 17.0 Å². The number of imidazole rings is 1. The van der Waals surface area contributed by atoms with Crippen LogP contribution in [0.2, 0.25) is 0 Å². The molecule has 1 heterocycles. The van der Waals surface area contributed by atoms with Crippen LogP contribution < -0.4 is 0 Å². The third kappa shape index (κ3) is 2.37. The standard InChI is InChI=1S/C14H14F2N2O2/c15-14(16)5-3-8(4-6-14)12-17-10-2-1-9(13(19)20)7-11(10)18-12/h1-2,7-8H,3-6H2,(H,17,18)(H,19,20). The highest BCUT2D eigenvalue weighted by molar-refractivity contribution is 5.92. The fraction of sp³-hybridized carbons (Fsp3) is 0.429. The van der Waals surface area contributed by atoms with E-state index in [2.05, 4.69) is 9.97 Å². The molecule has 106 valence electrons. The average Bonchev–Trinajstić information content (AvgIpc) is 2.81. The molecule has 1 aliphatic rings. The van der Waals surface area contributed by atoms with Gasteiger partial charge < -0.3 is 10.1 Å². The molecule has 0 amide bonds. The van der Waals surface area contributed by atoms with Crippen LogP contribution in [0, 0.1) is 0 Å². The number of fused-ring (bicyclic) bond motifs is 1. The van der Waals surface area contributed by atoms with Crippen LogP contribution in [0.4, 0.5) is 8.78 Å². The first-order valence-corrected chi connectivity index (χ1v) is 6.55. The lowest BCUT2D eigenvalue weighted by atomic mass is 9.86. The van der Waals surface area contributed by atoms with Crippen molar-refractivity contribution in [3.8, 4) is 0 Å². The van der Waals surface area contributed by atoms with Gasteiger partial charge in [0.15, 0.2) is 0 Å². The molecule has 1 aromatic heterocycles. The summed E-state index contributed by atoms with van der Waals surface area (Å²) in [4.78, 5) is 18.4. The Hall–Kier alpha value is -1.98. The summed E-state index contributed by atoms with van der Waals surface area (Å²) in [5.74, 6) is -2.88. The maximum Gasteiger partial charge on any atom is 0.335 e. The van der Waals surface area contributed by atoms with Crippen LogP contribution in [0.15, 0.2) is 18.2 Å². The van der Waals surface area contributed by atoms with Crippen molar-refractivity contribution in [1.82, 2.24) is 9.97 Å². The molecule has 0 spiro atoms. The van der Waals surface area contributed by atoms with E-state index in [1.165, 1.54) is 12.1 Å². The smallest absolute Gasteiger partial charge is 0.335 e. The largest absolute Gasteiger partial charge is 0.478 e. The molecule has 1 saturated carbocycles. The van der Waals surface area contributed by atoms with Crippen LogP contribution in [0.5, 0.6) is 0 Å². The SMILES string of the molecule is O=C(O)c1ccc2nc(C3CCC(F)(F)CC3)[nH]c2c1. The number of nitrogens with zero attached hydrogens (tertiary/aromatic N) is 1. The minimum atomic E-state index is -2.56. The van der Waals surface area contributed by atoms with Gasteiger partial charge in [-0.2, -0.15) is 0 Å². The quantitative estimate of drug-likeness (QED) is 0.884. The number of carboxylic acid groups (broad SMARTS) is 1. The lowest BCUT2D eigenvalue weighted by Gasteiger charge is -2.26. The van der Waals surface area contributed by atoms with Crippen molar-refractivity contribution in [2.75, 3.05) is 0 Å². The number of aromatic nitrogens is 2. The van der Waals surface area contributed by atoms with Crippen molar-refractivity contribution in [3.05, 3.63) is 29.6 Å². The normalized spacial score (nSPS) is 19.3. The van der Waals surface area contributed by atoms with Crippen LogP contribution in [-0.4, -0.2) is 27.0 Å². The summed E-state index contributed by atoms with van der Waals surface area (Å²) in [5, 5.41) is 8.94. The molecule has 1 fully saturated rings. The minimum Gasteiger partial charge on any atom is -0.478 e. The Labute approximate surface area is 113 Å². The second-order valence-electron chi connectivity index (χ2n) is 5.29. The second kappa shape index (κ2) is 4.54. The van der Waals surface area contributed by atoms with E-state index in [0.717, 1.165) is 0 Å². The third-order valence-electron chi connectivity index (χ3n) is 3.85. The van der Waals surface area contributed by atoms with E-state index < -0.39 is 11.9 Å². The summed E-state index contributed by atoms with van der Waals surface area (Å²) in [7, 11) is 0. The van der Waals surface area contributed by atoms with Gasteiger partial charge in [0.2, 0.25) is 5.92 Å². The van der Waals surface area contributed by atoms with E-state index in [1.54, 1.807) is 6.07 Å². The molecule has 0 atom stereocenters. The van der Waals surface area contributed by atoms with Crippen molar-refractivity contribution in [1.29, 1.82) is 0 Å². The van der Waals surface area contributed by atoms with Gasteiger partial charge in [0.25, 0.3) is 0 Å². The summed E-state index contributed by atoms with van der Waals surface area (Å²) in [6, 6.07) is 4.64. The van der Waals surface area contributed by atoms with Gasteiger partial charge >= 0.3 is 5.97 Å². The fourth-order valence-corrected chi connectivity index (χ4v) is 2.67. The van der Waals surface area contributed by atoms with Crippen molar-refractivity contribution in [3.63, 3.8) is 0 Å². The summed E-state index contributed by atoms with van der Waals surface area (Å²) in [5.41, 5.74) is 1.49. The first kappa shape index (κ1) is 13.0. The lowest BCUT2D eigenvalue weighted by Crippen LogP contribution is -2.24. The van der Waals surface area contributed by atoms with E-state index in [0.29, 0.717) is 29.7 Å². The van der Waals surface area contributed by atoms with Gasteiger partial charge in [0.05, 0.1) is 16.6 Å². The van der Waals surface area contributed by atoms with Gasteiger partial charge in [0.1, 0.15) is 5.82 Å². The van der Waals surface area contributed by atoms with E-state index >= 15 is 0 Å². The molecule has 1 aromatic carbocycles. The molecule has 4 nitrogen and oxygen atoms in total. The van der Waals surface area contributed by atoms with Crippen molar-refractivity contribution < 1.29 is 18.7 Å². The van der Waals surface area contributed by atoms with Crippen LogP contribution >= 0.6 is 0 Å². The predicted octanol–water partition coefficient (Wildman–Crippen LogP) is 3.55. The summed E-state index contributed by atoms with van der Waals surface area (Å²) < 4.78 is 26.3. The topological polar surface area (TPSA) is 66.0 Å². The fourth-order valence-electron chi connectivity index (χ4n) is 2.67. The minimum absolute atomic E-state index is 0.00435. The maximum absolute atomic E-state index is 13.1. The number of benzene rings is 1. The zero-order valence-corrected chi connectivity index (χ0v) is 10.7. The summed E-state index contributed by atoms with van der Waals surface area (Å²) in [6.45, 7) is 0. The summed E-state index contributed by atoms with van der Waals surface area (Å²) in [6.07, 6.45) is 0.571. The molecular formula is C14H14F2N2O2. The van der Waals surface area contributed by atoms with E-state index in [1.807, 2.05) is 0 Å². The number of hydrogen-bond acceptors (Lipinski definition) is 2. The van der Waals surface area contributed by atoms with Gasteiger partial charge in [-0.3, -0.25) is 0 Å². The molecule has 20 heavy (non-hydrogen) atoms. The predicted molar refractivity (Wildman–Crippen MR) is 69.2 cm³/mol. The zero-order valence-electron chi connectivity index (χ0n) is 10.7. The molecule has 0 aliphatic heterocycles. The van der Waals surface area contributed by atoms with Gasteiger partial charge in [-0.15, -0.1) is 0 Å². The Kier molecular flexibility index (Phi) is 2.96. The monoisotopic (exact) mass is 280 g/mol. The maximum atomic E-state index is 13.1. The number of carboxylic acids is 1. The molecule has 0 unspecified atom stereocenters. The Morgan fingerprint density at radius 2 is 2.05 bits per heavy atom. The van der Waals surface area contributed by atoms with Gasteiger partial charge in [0, 0.05) is 18.8 Å². The van der Waals surface area contributed by atoms with E-state index in [9.17, 15) is 13.6 Å². The summed E-state index contributed by atoms with van der Waals surface area (Å²) >= 11 is 0. The third-order valence-corrected chi connectivity index (χ3v) is 3.85. The highest BCUT2D eigenvalue weighted by Crippen LogP contribution is 2.40. The zero-order chi connectivity index (χ0) is 14.3. The number of carbonyl (C=O) groups is 1. The number of rotatable bonds is 2. The molecule has 2 aromatic rings. The van der Waals surface area contributed by atoms with Gasteiger partial charge in [-0.05, 0) is 31.0 Å². The molecule has 0 bridgehead atoms.